The van der Waals surface area contributed by atoms with E-state index < -0.39 is 0 Å². The van der Waals surface area contributed by atoms with E-state index in [1.54, 1.807) is 6.07 Å². The molecule has 1 aliphatic heterocycles. The fraction of sp³-hybridized carbons (Fsp3) is 0.727. The van der Waals surface area contributed by atoms with Gasteiger partial charge in [0.25, 0.3) is 5.69 Å². The van der Waals surface area contributed by atoms with Crippen molar-refractivity contribution in [3.05, 3.63) is 33.9 Å². The predicted octanol–water partition coefficient (Wildman–Crippen LogP) is 4.79. The molecule has 1 aromatic carbocycles. The Morgan fingerprint density at radius 2 is 1.93 bits per heavy atom. The Labute approximate surface area is 170 Å². The SMILES string of the molecule is C[C@H](NCc1ccc(NC[C@@H]2CCCN2C(C)(C)C)c([N+](=O)[O-])c1)C(C)(C)C. The molecule has 1 aliphatic rings. The normalized spacial score (nSPS) is 19.6. The summed E-state index contributed by atoms with van der Waals surface area (Å²) in [4.78, 5) is 13.8. The number of hydrogen-bond donors (Lipinski definition) is 2. The number of hydrogen-bond acceptors (Lipinski definition) is 5. The molecule has 0 radical (unpaired) electrons. The van der Waals surface area contributed by atoms with Crippen molar-refractivity contribution in [2.24, 2.45) is 5.41 Å². The first-order valence-corrected chi connectivity index (χ1v) is 10.4. The molecule has 0 aliphatic carbocycles. The van der Waals surface area contributed by atoms with Crippen molar-refractivity contribution in [2.75, 3.05) is 18.4 Å². The standard InChI is InChI=1S/C22H38N4O2/c1-16(21(2,3)4)23-14-17-10-11-19(20(13-17)26(27)28)24-15-18-9-8-12-25(18)22(5,6)7/h10-11,13,16,18,23-24H,8-9,12,14-15H2,1-7H3/t16-,18-/m0/s1. The second-order valence-corrected chi connectivity index (χ2v) is 10.1. The van der Waals surface area contributed by atoms with Crippen LogP contribution in [-0.4, -0.2) is 40.5 Å². The molecule has 0 aromatic heterocycles. The highest BCUT2D eigenvalue weighted by Crippen LogP contribution is 2.29. The molecule has 1 saturated heterocycles. The van der Waals surface area contributed by atoms with Crippen molar-refractivity contribution in [3.8, 4) is 0 Å². The Balaban J connectivity index is 2.06. The number of nitrogens with zero attached hydrogens (tertiary/aromatic N) is 2. The molecule has 6 heteroatoms. The van der Waals surface area contributed by atoms with Crippen LogP contribution in [-0.2, 0) is 6.54 Å². The molecule has 0 saturated carbocycles. The third-order valence-electron chi connectivity index (χ3n) is 5.94. The number of benzene rings is 1. The molecule has 2 rings (SSSR count). The minimum absolute atomic E-state index is 0.119. The quantitative estimate of drug-likeness (QED) is 0.517. The predicted molar refractivity (Wildman–Crippen MR) is 117 cm³/mol. The first-order valence-electron chi connectivity index (χ1n) is 10.4. The summed E-state index contributed by atoms with van der Waals surface area (Å²) in [6.07, 6.45) is 2.31. The topological polar surface area (TPSA) is 70.4 Å². The van der Waals surface area contributed by atoms with Crippen molar-refractivity contribution in [1.82, 2.24) is 10.2 Å². The maximum Gasteiger partial charge on any atom is 0.292 e. The molecule has 1 fully saturated rings. The van der Waals surface area contributed by atoms with Gasteiger partial charge in [-0.25, -0.2) is 0 Å². The summed E-state index contributed by atoms with van der Waals surface area (Å²) in [7, 11) is 0. The fourth-order valence-electron chi connectivity index (χ4n) is 3.72. The second-order valence-electron chi connectivity index (χ2n) is 10.1. The van der Waals surface area contributed by atoms with Gasteiger partial charge in [0, 0.05) is 36.8 Å². The number of nitro benzene ring substituents is 1. The van der Waals surface area contributed by atoms with Crippen LogP contribution in [0.1, 0.15) is 66.9 Å². The number of anilines is 1. The van der Waals surface area contributed by atoms with Crippen LogP contribution in [0.5, 0.6) is 0 Å². The minimum atomic E-state index is -0.283. The van der Waals surface area contributed by atoms with Crippen LogP contribution in [0, 0.1) is 15.5 Å². The highest BCUT2D eigenvalue weighted by Gasteiger charge is 2.32. The number of rotatable bonds is 7. The van der Waals surface area contributed by atoms with Crippen LogP contribution in [0.4, 0.5) is 11.4 Å². The summed E-state index contributed by atoms with van der Waals surface area (Å²) in [5.41, 5.74) is 1.97. The average Bonchev–Trinajstić information content (AvgIpc) is 3.06. The lowest BCUT2D eigenvalue weighted by atomic mass is 9.88. The minimum Gasteiger partial charge on any atom is -0.378 e. The number of likely N-dealkylation sites (tertiary alicyclic amines) is 1. The zero-order valence-electron chi connectivity index (χ0n) is 18.6. The van der Waals surface area contributed by atoms with Gasteiger partial charge in [-0.15, -0.1) is 0 Å². The van der Waals surface area contributed by atoms with Crippen LogP contribution in [0.15, 0.2) is 18.2 Å². The lowest BCUT2D eigenvalue weighted by molar-refractivity contribution is -0.384. The van der Waals surface area contributed by atoms with Crippen LogP contribution in [0.25, 0.3) is 0 Å². The van der Waals surface area contributed by atoms with Crippen LogP contribution < -0.4 is 10.6 Å². The van der Waals surface area contributed by atoms with Gasteiger partial charge >= 0.3 is 0 Å². The summed E-state index contributed by atoms with van der Waals surface area (Å²) < 4.78 is 0. The second kappa shape index (κ2) is 8.78. The third-order valence-corrected chi connectivity index (χ3v) is 5.94. The van der Waals surface area contributed by atoms with Crippen LogP contribution in [0.3, 0.4) is 0 Å². The zero-order valence-corrected chi connectivity index (χ0v) is 18.6. The lowest BCUT2D eigenvalue weighted by Crippen LogP contribution is -2.47. The van der Waals surface area contributed by atoms with Crippen molar-refractivity contribution < 1.29 is 4.92 Å². The van der Waals surface area contributed by atoms with Gasteiger partial charge in [0.15, 0.2) is 0 Å². The van der Waals surface area contributed by atoms with Gasteiger partial charge in [-0.05, 0) is 64.1 Å². The summed E-state index contributed by atoms with van der Waals surface area (Å²) in [5.74, 6) is 0. The third kappa shape index (κ3) is 5.92. The zero-order chi connectivity index (χ0) is 21.1. The molecular formula is C22H38N4O2. The molecular weight excluding hydrogens is 352 g/mol. The smallest absolute Gasteiger partial charge is 0.292 e. The molecule has 0 amide bonds. The monoisotopic (exact) mass is 390 g/mol. The molecule has 0 unspecified atom stereocenters. The van der Waals surface area contributed by atoms with Gasteiger partial charge in [0.05, 0.1) is 4.92 Å². The van der Waals surface area contributed by atoms with Gasteiger partial charge < -0.3 is 10.6 Å². The Morgan fingerprint density at radius 1 is 1.25 bits per heavy atom. The Morgan fingerprint density at radius 3 is 2.50 bits per heavy atom. The van der Waals surface area contributed by atoms with E-state index in [0.717, 1.165) is 25.1 Å². The van der Waals surface area contributed by atoms with Crippen molar-refractivity contribution in [1.29, 1.82) is 0 Å². The van der Waals surface area contributed by atoms with Gasteiger partial charge in [-0.1, -0.05) is 26.8 Å². The molecule has 28 heavy (non-hydrogen) atoms. The first kappa shape index (κ1) is 22.6. The average molecular weight is 391 g/mol. The molecule has 2 N–H and O–H groups in total. The Kier molecular flexibility index (Phi) is 7.10. The van der Waals surface area contributed by atoms with E-state index in [-0.39, 0.29) is 21.6 Å². The van der Waals surface area contributed by atoms with E-state index in [2.05, 4.69) is 64.0 Å². The number of nitrogens with one attached hydrogen (secondary N) is 2. The van der Waals surface area contributed by atoms with E-state index >= 15 is 0 Å². The van der Waals surface area contributed by atoms with Crippen LogP contribution >= 0.6 is 0 Å². The summed E-state index contributed by atoms with van der Waals surface area (Å²) in [6.45, 7) is 17.8. The van der Waals surface area contributed by atoms with Crippen molar-refractivity contribution in [3.63, 3.8) is 0 Å². The number of nitro groups is 1. The van der Waals surface area contributed by atoms with E-state index in [1.807, 2.05) is 12.1 Å². The van der Waals surface area contributed by atoms with Gasteiger partial charge in [0.1, 0.15) is 5.69 Å². The lowest BCUT2D eigenvalue weighted by Gasteiger charge is -2.37. The van der Waals surface area contributed by atoms with E-state index in [0.29, 0.717) is 24.3 Å². The molecule has 0 spiro atoms. The van der Waals surface area contributed by atoms with Gasteiger partial charge in [0.2, 0.25) is 0 Å². The summed E-state index contributed by atoms with van der Waals surface area (Å²) in [5, 5.41) is 18.5. The molecule has 0 bridgehead atoms. The highest BCUT2D eigenvalue weighted by molar-refractivity contribution is 5.62. The fourth-order valence-corrected chi connectivity index (χ4v) is 3.72. The summed E-state index contributed by atoms with van der Waals surface area (Å²) in [6, 6.07) is 6.26. The van der Waals surface area contributed by atoms with E-state index in [4.69, 9.17) is 0 Å². The molecule has 1 aromatic rings. The molecule has 2 atom stereocenters. The molecule has 6 nitrogen and oxygen atoms in total. The van der Waals surface area contributed by atoms with Crippen molar-refractivity contribution >= 4 is 11.4 Å². The maximum absolute atomic E-state index is 11.6. The molecule has 1 heterocycles. The first-order chi connectivity index (χ1) is 12.9. The van der Waals surface area contributed by atoms with Crippen molar-refractivity contribution in [2.45, 2.75) is 85.5 Å². The largest absolute Gasteiger partial charge is 0.378 e. The summed E-state index contributed by atoms with van der Waals surface area (Å²) >= 11 is 0. The van der Waals surface area contributed by atoms with Gasteiger partial charge in [-0.3, -0.25) is 15.0 Å². The van der Waals surface area contributed by atoms with Crippen LogP contribution in [0.2, 0.25) is 0 Å². The maximum atomic E-state index is 11.6. The highest BCUT2D eigenvalue weighted by atomic mass is 16.6. The van der Waals surface area contributed by atoms with E-state index in [1.165, 1.54) is 6.42 Å². The Hall–Kier alpha value is -1.66. The molecule has 158 valence electrons. The Bertz CT molecular complexity index is 676. The van der Waals surface area contributed by atoms with Gasteiger partial charge in [-0.2, -0.15) is 0 Å². The van der Waals surface area contributed by atoms with E-state index in [9.17, 15) is 10.1 Å².